The van der Waals surface area contributed by atoms with E-state index in [1.807, 2.05) is 22.7 Å². The summed E-state index contributed by atoms with van der Waals surface area (Å²) in [6.07, 6.45) is 12.8. The van der Waals surface area contributed by atoms with Gasteiger partial charge in [-0.25, -0.2) is 18.8 Å². The Hall–Kier alpha value is -4.13. The molecule has 2 atom stereocenters. The lowest BCUT2D eigenvalue weighted by atomic mass is 9.97. The van der Waals surface area contributed by atoms with Crippen LogP contribution in [0.25, 0.3) is 33.3 Å². The van der Waals surface area contributed by atoms with Crippen LogP contribution in [0, 0.1) is 11.3 Å². The van der Waals surface area contributed by atoms with Gasteiger partial charge in [-0.2, -0.15) is 10.4 Å². The van der Waals surface area contributed by atoms with Crippen LogP contribution in [0.2, 0.25) is 0 Å². The Balaban J connectivity index is 1.12. The largest absolute Gasteiger partial charge is 0.354 e. The van der Waals surface area contributed by atoms with Crippen molar-refractivity contribution in [2.75, 3.05) is 18.0 Å². The third-order valence-electron chi connectivity index (χ3n) is 8.16. The molecule has 0 spiro atoms. The van der Waals surface area contributed by atoms with Crippen molar-refractivity contribution in [2.24, 2.45) is 0 Å². The molecular formula is C32H32N8S. The summed E-state index contributed by atoms with van der Waals surface area (Å²) in [6.45, 7) is 7.26. The SMILES string of the molecule is CC/C=C(\CCC)c1cc(-c2ccc(N3CC4SN(Cc5ccc6[nH]cnc6c5)C4C3)nc2)c2c(C#N)cnn2c1. The summed E-state index contributed by atoms with van der Waals surface area (Å²) in [5.41, 5.74) is 9.24. The van der Waals surface area contributed by atoms with Gasteiger partial charge in [-0.15, -0.1) is 0 Å². The van der Waals surface area contributed by atoms with Crippen molar-refractivity contribution in [1.82, 2.24) is 28.9 Å². The molecule has 0 aliphatic carbocycles. The third kappa shape index (κ3) is 4.67. The zero-order valence-corrected chi connectivity index (χ0v) is 24.1. The quantitative estimate of drug-likeness (QED) is 0.218. The average Bonchev–Trinajstić information content (AvgIpc) is 3.72. The standard InChI is InChI=1S/C32H32N8S/c1-3-5-22(6-4-2)24-12-26(32-25(13-33)15-37-39(32)17-24)23-8-10-31(34-14-23)38-18-29-30(19-38)41-40(29)16-21-7-9-27-28(11-21)36-20-35-27/h5,7-12,14-15,17,20,29-30H,3-4,6,16,18-19H2,1-2H3,(H,35,36)/b22-5+. The fraction of sp³-hybridized carbons (Fsp3) is 0.312. The lowest BCUT2D eigenvalue weighted by molar-refractivity contribution is 0.329. The highest BCUT2D eigenvalue weighted by atomic mass is 32.2. The first-order valence-corrected chi connectivity index (χ1v) is 15.2. The monoisotopic (exact) mass is 560 g/mol. The molecule has 206 valence electrons. The first-order chi connectivity index (χ1) is 20.1. The number of hydrogen-bond acceptors (Lipinski definition) is 7. The summed E-state index contributed by atoms with van der Waals surface area (Å²) in [4.78, 5) is 14.9. The maximum Gasteiger partial charge on any atom is 0.128 e. The first kappa shape index (κ1) is 25.8. The Labute approximate surface area is 243 Å². The number of anilines is 1. The molecule has 6 heterocycles. The molecule has 41 heavy (non-hydrogen) atoms. The van der Waals surface area contributed by atoms with Crippen LogP contribution >= 0.6 is 11.9 Å². The van der Waals surface area contributed by atoms with Crippen LogP contribution in [0.4, 0.5) is 5.82 Å². The predicted molar refractivity (Wildman–Crippen MR) is 165 cm³/mol. The maximum atomic E-state index is 9.79. The summed E-state index contributed by atoms with van der Waals surface area (Å²) in [5.74, 6) is 1.00. The van der Waals surface area contributed by atoms with E-state index in [1.54, 1.807) is 12.5 Å². The average molecular weight is 561 g/mol. The van der Waals surface area contributed by atoms with Gasteiger partial charge in [0, 0.05) is 43.2 Å². The number of aromatic nitrogens is 5. The molecule has 9 heteroatoms. The number of rotatable bonds is 8. The van der Waals surface area contributed by atoms with E-state index in [0.717, 1.165) is 78.0 Å². The number of benzene rings is 1. The minimum Gasteiger partial charge on any atom is -0.354 e. The second-order valence-electron chi connectivity index (χ2n) is 10.8. The van der Waals surface area contributed by atoms with Gasteiger partial charge in [-0.3, -0.25) is 0 Å². The number of hydrogen-bond donors (Lipinski definition) is 1. The molecule has 0 amide bonds. The van der Waals surface area contributed by atoms with Crippen LogP contribution in [-0.2, 0) is 6.54 Å². The van der Waals surface area contributed by atoms with Crippen molar-refractivity contribution >= 4 is 39.9 Å². The Morgan fingerprint density at radius 2 is 2.07 bits per heavy atom. The van der Waals surface area contributed by atoms with E-state index in [9.17, 15) is 5.26 Å². The number of fused-ring (bicyclic) bond motifs is 3. The number of allylic oxidation sites excluding steroid dienone is 2. The second-order valence-corrected chi connectivity index (χ2v) is 12.1. The topological polar surface area (TPSA) is 89.1 Å². The summed E-state index contributed by atoms with van der Waals surface area (Å²) in [6, 6.07) is 15.8. The van der Waals surface area contributed by atoms with Gasteiger partial charge in [0.15, 0.2) is 0 Å². The number of nitrogens with one attached hydrogen (secondary N) is 1. The Morgan fingerprint density at radius 3 is 2.88 bits per heavy atom. The van der Waals surface area contributed by atoms with E-state index in [1.165, 1.54) is 11.1 Å². The van der Waals surface area contributed by atoms with Gasteiger partial charge in [0.1, 0.15) is 11.9 Å². The highest BCUT2D eigenvalue weighted by Gasteiger charge is 2.47. The first-order valence-electron chi connectivity index (χ1n) is 14.3. The summed E-state index contributed by atoms with van der Waals surface area (Å²) in [7, 11) is 0. The number of nitrogens with zero attached hydrogens (tertiary/aromatic N) is 7. The Kier molecular flexibility index (Phi) is 6.73. The van der Waals surface area contributed by atoms with Gasteiger partial charge >= 0.3 is 0 Å². The molecule has 0 radical (unpaired) electrons. The summed E-state index contributed by atoms with van der Waals surface area (Å²) in [5, 5.41) is 14.9. The fourth-order valence-electron chi connectivity index (χ4n) is 6.14. The van der Waals surface area contributed by atoms with E-state index < -0.39 is 0 Å². The van der Waals surface area contributed by atoms with E-state index in [4.69, 9.17) is 4.98 Å². The van der Waals surface area contributed by atoms with Gasteiger partial charge in [-0.1, -0.05) is 44.4 Å². The highest BCUT2D eigenvalue weighted by Crippen LogP contribution is 2.44. The zero-order chi connectivity index (χ0) is 27.9. The minimum atomic E-state index is 0.514. The molecule has 0 bridgehead atoms. The van der Waals surface area contributed by atoms with Crippen molar-refractivity contribution in [3.05, 3.63) is 84.1 Å². The molecule has 5 aromatic rings. The lowest BCUT2D eigenvalue weighted by Crippen LogP contribution is -2.48. The third-order valence-corrected chi connectivity index (χ3v) is 9.56. The molecule has 1 N–H and O–H groups in total. The van der Waals surface area contributed by atoms with Gasteiger partial charge in [0.25, 0.3) is 0 Å². The predicted octanol–water partition coefficient (Wildman–Crippen LogP) is 6.46. The molecule has 8 nitrogen and oxygen atoms in total. The molecule has 2 unspecified atom stereocenters. The maximum absolute atomic E-state index is 9.79. The van der Waals surface area contributed by atoms with Gasteiger partial charge in [0.05, 0.1) is 45.9 Å². The molecular weight excluding hydrogens is 528 g/mol. The van der Waals surface area contributed by atoms with Crippen LogP contribution < -0.4 is 4.90 Å². The van der Waals surface area contributed by atoms with E-state index in [0.29, 0.717) is 16.9 Å². The number of H-pyrrole nitrogens is 1. The molecule has 1 aromatic carbocycles. The minimum absolute atomic E-state index is 0.514. The van der Waals surface area contributed by atoms with E-state index >= 15 is 0 Å². The van der Waals surface area contributed by atoms with E-state index in [2.05, 4.69) is 92.9 Å². The molecule has 4 aromatic heterocycles. The van der Waals surface area contributed by atoms with Crippen LogP contribution in [-0.4, -0.2) is 53.3 Å². The molecule has 2 aliphatic rings. The number of pyridine rings is 2. The van der Waals surface area contributed by atoms with Crippen molar-refractivity contribution < 1.29 is 0 Å². The highest BCUT2D eigenvalue weighted by molar-refractivity contribution is 7.99. The normalized spacial score (nSPS) is 19.0. The fourth-order valence-corrected chi connectivity index (χ4v) is 7.50. The molecule has 2 saturated heterocycles. The second kappa shape index (κ2) is 10.7. The molecule has 0 saturated carbocycles. The van der Waals surface area contributed by atoms with Crippen molar-refractivity contribution in [1.29, 1.82) is 5.26 Å². The lowest BCUT2D eigenvalue weighted by Gasteiger charge is -2.41. The van der Waals surface area contributed by atoms with E-state index in [-0.39, 0.29) is 0 Å². The molecule has 2 aliphatic heterocycles. The Morgan fingerprint density at radius 1 is 1.15 bits per heavy atom. The Bertz CT molecular complexity index is 1790. The van der Waals surface area contributed by atoms with Crippen molar-refractivity contribution in [3.63, 3.8) is 0 Å². The number of nitriles is 1. The van der Waals surface area contributed by atoms with Gasteiger partial charge in [0.2, 0.25) is 0 Å². The molecule has 2 fully saturated rings. The summed E-state index contributed by atoms with van der Waals surface area (Å²) < 4.78 is 4.35. The van der Waals surface area contributed by atoms with Crippen LogP contribution in [0.1, 0.15) is 49.8 Å². The van der Waals surface area contributed by atoms with Crippen LogP contribution in [0.15, 0.2) is 67.4 Å². The molecule has 7 rings (SSSR count). The van der Waals surface area contributed by atoms with Crippen molar-refractivity contribution in [2.45, 2.75) is 50.9 Å². The van der Waals surface area contributed by atoms with Crippen molar-refractivity contribution in [3.8, 4) is 17.2 Å². The van der Waals surface area contributed by atoms with Gasteiger partial charge < -0.3 is 9.88 Å². The van der Waals surface area contributed by atoms with Crippen LogP contribution in [0.3, 0.4) is 0 Å². The summed E-state index contributed by atoms with van der Waals surface area (Å²) >= 11 is 1.95. The van der Waals surface area contributed by atoms with Gasteiger partial charge in [-0.05, 0) is 59.9 Å². The van der Waals surface area contributed by atoms with Crippen LogP contribution in [0.5, 0.6) is 0 Å². The smallest absolute Gasteiger partial charge is 0.128 e. The number of aromatic amines is 1. The zero-order valence-electron chi connectivity index (χ0n) is 23.3. The number of imidazole rings is 1.